The van der Waals surface area contributed by atoms with Gasteiger partial charge in [-0.15, -0.1) is 0 Å². The molecule has 0 bridgehead atoms. The highest BCUT2D eigenvalue weighted by atomic mass is 16.8. The molecule has 5 aliphatic heterocycles. The van der Waals surface area contributed by atoms with E-state index in [0.717, 1.165) is 31.3 Å². The average molecular weight is 1050 g/mol. The maximum Gasteiger partial charge on any atom is 0.187 e. The van der Waals surface area contributed by atoms with Gasteiger partial charge in [0.1, 0.15) is 79.4 Å². The van der Waals surface area contributed by atoms with Crippen molar-refractivity contribution in [1.82, 2.24) is 0 Å². The molecule has 0 radical (unpaired) electrons. The third-order valence-corrected chi connectivity index (χ3v) is 19.2. The largest absolute Gasteiger partial charge is 0.394 e. The van der Waals surface area contributed by atoms with Gasteiger partial charge in [-0.3, -0.25) is 0 Å². The summed E-state index contributed by atoms with van der Waals surface area (Å²) in [7, 11) is 1.66. The maximum atomic E-state index is 11.7. The molecule has 22 nitrogen and oxygen atoms in total. The Hall–Kier alpha value is -1.40. The van der Waals surface area contributed by atoms with Gasteiger partial charge in [0.15, 0.2) is 30.9 Å². The highest BCUT2D eigenvalue weighted by molar-refractivity contribution is 5.29. The predicted molar refractivity (Wildman–Crippen MR) is 249 cm³/mol. The van der Waals surface area contributed by atoms with Crippen molar-refractivity contribution in [1.29, 1.82) is 0 Å². The van der Waals surface area contributed by atoms with Gasteiger partial charge >= 0.3 is 0 Å². The van der Waals surface area contributed by atoms with Crippen molar-refractivity contribution in [3.63, 3.8) is 0 Å². The first-order chi connectivity index (χ1) is 34.5. The minimum atomic E-state index is -1.77. The molecule has 4 aliphatic carbocycles. The summed E-state index contributed by atoms with van der Waals surface area (Å²) in [5, 5.41) is 128. The number of hydrogen-bond donors (Lipinski definition) is 12. The molecule has 22 heteroatoms. The van der Waals surface area contributed by atoms with Crippen molar-refractivity contribution in [3.8, 4) is 0 Å². The first-order valence-corrected chi connectivity index (χ1v) is 26.3. The van der Waals surface area contributed by atoms with Crippen LogP contribution >= 0.6 is 0 Å². The van der Waals surface area contributed by atoms with Gasteiger partial charge < -0.3 is 109 Å². The molecule has 9 rings (SSSR count). The van der Waals surface area contributed by atoms with Crippen LogP contribution in [-0.4, -0.2) is 229 Å². The molecule has 0 aromatic heterocycles. The smallest absolute Gasteiger partial charge is 0.187 e. The topological polar surface area (TPSA) is 335 Å². The van der Waals surface area contributed by atoms with Gasteiger partial charge in [0.2, 0.25) is 0 Å². The van der Waals surface area contributed by atoms with Crippen molar-refractivity contribution in [2.75, 3.05) is 26.9 Å². The second kappa shape index (κ2) is 21.7. The molecule has 0 spiro atoms. The van der Waals surface area contributed by atoms with Crippen LogP contribution in [0, 0.1) is 40.4 Å². The molecule has 418 valence electrons. The predicted octanol–water partition coefficient (Wildman–Crippen LogP) is -1.80. The molecule has 0 amide bonds. The van der Waals surface area contributed by atoms with Gasteiger partial charge in [-0.1, -0.05) is 44.6 Å². The Morgan fingerprint density at radius 2 is 1.38 bits per heavy atom. The van der Waals surface area contributed by atoms with Crippen molar-refractivity contribution in [2.45, 2.75) is 227 Å². The number of fused-ring (bicyclic) bond motifs is 7. The summed E-state index contributed by atoms with van der Waals surface area (Å²) in [6.07, 6.45) is -21.9. The summed E-state index contributed by atoms with van der Waals surface area (Å²) < 4.78 is 62.2. The number of aliphatic hydroxyl groups excluding tert-OH is 12. The van der Waals surface area contributed by atoms with Gasteiger partial charge in [0, 0.05) is 31.3 Å². The summed E-state index contributed by atoms with van der Waals surface area (Å²) >= 11 is 0. The lowest BCUT2D eigenvalue weighted by atomic mass is 9.46. The normalized spacial score (nSPS) is 55.0. The maximum absolute atomic E-state index is 11.7. The monoisotopic (exact) mass is 1050 g/mol. The lowest BCUT2D eigenvalue weighted by Crippen LogP contribution is -2.66. The Labute approximate surface area is 425 Å². The zero-order valence-corrected chi connectivity index (χ0v) is 42.6. The van der Waals surface area contributed by atoms with Gasteiger partial charge in [-0.05, 0) is 81.5 Å². The molecular formula is C51H82O22. The highest BCUT2D eigenvalue weighted by Gasteiger charge is 2.69. The van der Waals surface area contributed by atoms with E-state index in [2.05, 4.69) is 33.4 Å². The fourth-order valence-electron chi connectivity index (χ4n) is 14.9. The second-order valence-corrected chi connectivity index (χ2v) is 23.2. The molecule has 0 aromatic carbocycles. The standard InChI is InChI=1S/C51H82O22/c1-20(18-65-45-41(62)39(60)37(58)31(17-52)69-45)10-13-51(64-7)21(2)33-30(73-51)16-28-26-9-8-24-14-25(53)15-32(50(24,6)27(26)11-12-49(28,33)5)70-48-44(72-47-42(63)38(59)34(55)22(3)67-47)43(35(56)23(4)68-48)71-46-40(61)36(57)29(54)19-66-46/h8,21-23,25-48,52-63H,1,9-19H2,2-7H3/t21-,22-,23+,25+,26+,27-,28-,29-,30-,31+,32+,33-,34-,35-,36-,37+,38+,39-,40+,41+,42+,43-,44+,45+,46-,47-,48-,49-,50-,51-/m0/s1. The number of rotatable bonds is 14. The van der Waals surface area contributed by atoms with Gasteiger partial charge in [-0.2, -0.15) is 0 Å². The van der Waals surface area contributed by atoms with Crippen LogP contribution in [-0.2, 0) is 47.4 Å². The fourth-order valence-corrected chi connectivity index (χ4v) is 14.9. The van der Waals surface area contributed by atoms with Crippen LogP contribution in [0.2, 0.25) is 0 Å². The average Bonchev–Trinajstić information content (AvgIpc) is 3.82. The molecule has 8 fully saturated rings. The van der Waals surface area contributed by atoms with E-state index in [4.69, 9.17) is 47.4 Å². The zero-order chi connectivity index (χ0) is 52.8. The number of methoxy groups -OCH3 is 1. The molecule has 12 N–H and O–H groups in total. The number of hydrogen-bond acceptors (Lipinski definition) is 22. The fraction of sp³-hybridized carbons (Fsp3) is 0.922. The molecular weight excluding hydrogens is 965 g/mol. The quantitative estimate of drug-likeness (QED) is 0.0855. The Morgan fingerprint density at radius 1 is 0.726 bits per heavy atom. The summed E-state index contributed by atoms with van der Waals surface area (Å²) in [4.78, 5) is 0. The van der Waals surface area contributed by atoms with Gasteiger partial charge in [0.05, 0.1) is 50.3 Å². The zero-order valence-electron chi connectivity index (χ0n) is 42.6. The van der Waals surface area contributed by atoms with E-state index in [0.29, 0.717) is 24.8 Å². The summed E-state index contributed by atoms with van der Waals surface area (Å²) in [6, 6.07) is 0. The molecule has 3 saturated carbocycles. The first-order valence-electron chi connectivity index (χ1n) is 26.3. The van der Waals surface area contributed by atoms with E-state index in [1.807, 2.05) is 0 Å². The Bertz CT molecular complexity index is 1950. The van der Waals surface area contributed by atoms with E-state index in [1.54, 1.807) is 14.0 Å². The van der Waals surface area contributed by atoms with E-state index >= 15 is 0 Å². The molecule has 30 atom stereocenters. The Kier molecular flexibility index (Phi) is 16.7. The van der Waals surface area contributed by atoms with Crippen LogP contribution in [0.1, 0.15) is 86.0 Å². The number of aliphatic hydroxyl groups is 12. The van der Waals surface area contributed by atoms with Crippen LogP contribution in [0.25, 0.3) is 0 Å². The Balaban J connectivity index is 0.923. The summed E-state index contributed by atoms with van der Waals surface area (Å²) in [5.41, 5.74) is 0.975. The summed E-state index contributed by atoms with van der Waals surface area (Å²) in [6.45, 7) is 13.1. The van der Waals surface area contributed by atoms with Gasteiger partial charge in [0.25, 0.3) is 0 Å². The molecule has 73 heavy (non-hydrogen) atoms. The van der Waals surface area contributed by atoms with Crippen LogP contribution in [0.3, 0.4) is 0 Å². The van der Waals surface area contributed by atoms with Crippen molar-refractivity contribution in [3.05, 3.63) is 23.8 Å². The van der Waals surface area contributed by atoms with Gasteiger partial charge in [-0.25, -0.2) is 0 Å². The van der Waals surface area contributed by atoms with Crippen LogP contribution in [0.15, 0.2) is 23.8 Å². The number of allylic oxidation sites excluding steroid dienone is 1. The van der Waals surface area contributed by atoms with Crippen LogP contribution in [0.4, 0.5) is 0 Å². The third-order valence-electron chi connectivity index (χ3n) is 19.2. The van der Waals surface area contributed by atoms with E-state index in [9.17, 15) is 61.3 Å². The van der Waals surface area contributed by atoms with Crippen molar-refractivity contribution < 1.29 is 109 Å². The second-order valence-electron chi connectivity index (χ2n) is 23.2. The minimum Gasteiger partial charge on any atom is -0.394 e. The Morgan fingerprint density at radius 3 is 2.10 bits per heavy atom. The number of ether oxygens (including phenoxy) is 10. The van der Waals surface area contributed by atoms with Crippen molar-refractivity contribution >= 4 is 0 Å². The van der Waals surface area contributed by atoms with Crippen LogP contribution in [0.5, 0.6) is 0 Å². The first kappa shape index (κ1) is 56.3. The van der Waals surface area contributed by atoms with Crippen LogP contribution < -0.4 is 0 Å². The molecule has 5 heterocycles. The molecule has 5 saturated heterocycles. The highest BCUT2D eigenvalue weighted by Crippen LogP contribution is 2.70. The SMILES string of the molecule is C=C(CC[C@]1(OC)O[C@H]2C[C@H]3[C@@H]4CC=C5C[C@@H](O)C[C@@H](O[C@@H]6O[C@H](C)[C@H](O)[C@H](O[C@@H]7OC[C@H](O)[C@H](O)[C@H]7O)[C@H]6O[C@@H]6O[C@@H](C)[C@H](O)[C@@H](O)[C@H]6O)[C@]5(C)[C@H]4CC[C@]3(C)[C@H]2[C@@H]1C)CO[C@@H]1O[C@H](CO)[C@@H](O)[C@H](O)[C@H]1O. The lowest BCUT2D eigenvalue weighted by molar-refractivity contribution is -0.391. The molecule has 9 aliphatic rings. The lowest BCUT2D eigenvalue weighted by Gasteiger charge is -2.60. The molecule has 0 unspecified atom stereocenters. The summed E-state index contributed by atoms with van der Waals surface area (Å²) in [5.74, 6) is -0.229. The molecule has 0 aromatic rings. The van der Waals surface area contributed by atoms with Crippen molar-refractivity contribution in [2.24, 2.45) is 40.4 Å². The van der Waals surface area contributed by atoms with E-state index in [1.165, 1.54) is 6.92 Å². The minimum absolute atomic E-state index is 0.0126. The third kappa shape index (κ3) is 9.86. The van der Waals surface area contributed by atoms with E-state index in [-0.39, 0.29) is 54.1 Å². The van der Waals surface area contributed by atoms with E-state index < -0.39 is 153 Å².